The highest BCUT2D eigenvalue weighted by atomic mass is 35.5. The van der Waals surface area contributed by atoms with Crippen LogP contribution in [0, 0.1) is 5.82 Å². The van der Waals surface area contributed by atoms with E-state index < -0.39 is 15.7 Å². The van der Waals surface area contributed by atoms with E-state index in [1.54, 1.807) is 59.6 Å². The van der Waals surface area contributed by atoms with Gasteiger partial charge in [-0.2, -0.15) is 0 Å². The number of nitrogens with zero attached hydrogens (tertiary/aromatic N) is 3. The standard InChI is InChI=1S/C29H27ClFN3O4S/c1-38-26-17-22(29(35)34-14-12-33(13-15-34)18-20-7-10-24(30)25(31)16-20)8-9-23(26)19-39(36,37)27-6-2-4-21-5-3-11-32-28(21)27/h2-11,16-17H,12-15,18-19H2,1H3. The van der Waals surface area contributed by atoms with Crippen molar-refractivity contribution in [2.75, 3.05) is 33.3 Å². The van der Waals surface area contributed by atoms with Gasteiger partial charge in [0.2, 0.25) is 0 Å². The first-order valence-corrected chi connectivity index (χ1v) is 14.5. The van der Waals surface area contributed by atoms with Crippen LogP contribution in [-0.2, 0) is 22.1 Å². The van der Waals surface area contributed by atoms with Crippen molar-refractivity contribution in [3.8, 4) is 5.75 Å². The van der Waals surface area contributed by atoms with E-state index in [1.807, 2.05) is 12.1 Å². The number of benzene rings is 3. The Kier molecular flexibility index (Phi) is 7.83. The lowest BCUT2D eigenvalue weighted by Gasteiger charge is -2.35. The van der Waals surface area contributed by atoms with Crippen molar-refractivity contribution in [2.45, 2.75) is 17.2 Å². The molecule has 1 amide bonds. The number of piperazine rings is 1. The Labute approximate surface area is 231 Å². The zero-order valence-corrected chi connectivity index (χ0v) is 22.9. The molecule has 0 spiro atoms. The van der Waals surface area contributed by atoms with E-state index in [0.717, 1.165) is 10.9 Å². The third-order valence-electron chi connectivity index (χ3n) is 6.86. The molecular weight excluding hydrogens is 541 g/mol. The van der Waals surface area contributed by atoms with Crippen molar-refractivity contribution in [3.63, 3.8) is 0 Å². The molecule has 0 bridgehead atoms. The van der Waals surface area contributed by atoms with Gasteiger partial charge >= 0.3 is 0 Å². The number of aromatic nitrogens is 1. The summed E-state index contributed by atoms with van der Waals surface area (Å²) in [6.07, 6.45) is 1.57. The molecule has 1 fully saturated rings. The average Bonchev–Trinajstić information content (AvgIpc) is 2.95. The Morgan fingerprint density at radius 3 is 2.54 bits per heavy atom. The van der Waals surface area contributed by atoms with Gasteiger partial charge in [0.15, 0.2) is 9.84 Å². The number of sulfone groups is 1. The summed E-state index contributed by atoms with van der Waals surface area (Å²) in [7, 11) is -2.28. The molecule has 0 aliphatic carbocycles. The molecule has 0 saturated carbocycles. The molecule has 2 heterocycles. The second kappa shape index (κ2) is 11.3. The molecule has 0 radical (unpaired) electrons. The lowest BCUT2D eigenvalue weighted by Crippen LogP contribution is -2.48. The molecule has 1 saturated heterocycles. The molecule has 39 heavy (non-hydrogen) atoms. The maximum Gasteiger partial charge on any atom is 0.254 e. The lowest BCUT2D eigenvalue weighted by atomic mass is 10.1. The monoisotopic (exact) mass is 567 g/mol. The number of carbonyl (C=O) groups excluding carboxylic acids is 1. The van der Waals surface area contributed by atoms with E-state index in [1.165, 1.54) is 13.2 Å². The van der Waals surface area contributed by atoms with Crippen LogP contribution in [0.15, 0.2) is 77.8 Å². The van der Waals surface area contributed by atoms with Crippen LogP contribution in [0.4, 0.5) is 4.39 Å². The number of ether oxygens (including phenoxy) is 1. The smallest absolute Gasteiger partial charge is 0.254 e. The number of para-hydroxylation sites is 1. The molecule has 10 heteroatoms. The van der Waals surface area contributed by atoms with Crippen molar-refractivity contribution in [1.29, 1.82) is 0 Å². The summed E-state index contributed by atoms with van der Waals surface area (Å²) in [5.41, 5.74) is 2.13. The zero-order valence-electron chi connectivity index (χ0n) is 21.3. The molecular formula is C29H27ClFN3O4S. The van der Waals surface area contributed by atoms with Gasteiger partial charge in [0.1, 0.15) is 11.6 Å². The van der Waals surface area contributed by atoms with Gasteiger partial charge in [-0.15, -0.1) is 0 Å². The first-order valence-electron chi connectivity index (χ1n) is 12.4. The summed E-state index contributed by atoms with van der Waals surface area (Å²) in [5, 5.41) is 0.839. The summed E-state index contributed by atoms with van der Waals surface area (Å²) < 4.78 is 46.0. The molecule has 1 aromatic heterocycles. The number of rotatable bonds is 7. The minimum absolute atomic E-state index is 0.0961. The average molecular weight is 568 g/mol. The van der Waals surface area contributed by atoms with E-state index in [9.17, 15) is 17.6 Å². The molecule has 0 unspecified atom stereocenters. The molecule has 202 valence electrons. The van der Waals surface area contributed by atoms with Crippen LogP contribution in [0.1, 0.15) is 21.5 Å². The van der Waals surface area contributed by atoms with Crippen molar-refractivity contribution >= 4 is 38.2 Å². The SMILES string of the molecule is COc1cc(C(=O)N2CCN(Cc3ccc(Cl)c(F)c3)CC2)ccc1CS(=O)(=O)c1cccc2cccnc12. The molecule has 7 nitrogen and oxygen atoms in total. The van der Waals surface area contributed by atoms with Gasteiger partial charge in [0.25, 0.3) is 5.91 Å². The highest BCUT2D eigenvalue weighted by Crippen LogP contribution is 2.29. The Balaban J connectivity index is 1.27. The summed E-state index contributed by atoms with van der Waals surface area (Å²) >= 11 is 5.77. The van der Waals surface area contributed by atoms with Crippen LogP contribution < -0.4 is 4.74 Å². The van der Waals surface area contributed by atoms with Gasteiger partial charge in [-0.3, -0.25) is 14.7 Å². The topological polar surface area (TPSA) is 79.8 Å². The van der Waals surface area contributed by atoms with Crippen LogP contribution in [0.5, 0.6) is 5.75 Å². The van der Waals surface area contributed by atoms with Crippen molar-refractivity contribution in [3.05, 3.63) is 100 Å². The second-order valence-corrected chi connectivity index (χ2v) is 11.8. The number of pyridine rings is 1. The van der Waals surface area contributed by atoms with E-state index in [-0.39, 0.29) is 21.6 Å². The largest absolute Gasteiger partial charge is 0.496 e. The first-order chi connectivity index (χ1) is 18.7. The number of hydrogen-bond donors (Lipinski definition) is 0. The maximum absolute atomic E-state index is 13.8. The minimum Gasteiger partial charge on any atom is -0.496 e. The fraction of sp³-hybridized carbons (Fsp3) is 0.241. The lowest BCUT2D eigenvalue weighted by molar-refractivity contribution is 0.0628. The summed E-state index contributed by atoms with van der Waals surface area (Å²) in [4.78, 5) is 21.6. The van der Waals surface area contributed by atoms with Crippen LogP contribution >= 0.6 is 11.6 Å². The Bertz CT molecular complexity index is 1630. The molecule has 1 aliphatic rings. The molecule has 5 rings (SSSR count). The number of hydrogen-bond acceptors (Lipinski definition) is 6. The predicted octanol–water partition coefficient (Wildman–Crippen LogP) is 4.97. The summed E-state index contributed by atoms with van der Waals surface area (Å²) in [6.45, 7) is 2.88. The second-order valence-electron chi connectivity index (χ2n) is 9.43. The van der Waals surface area contributed by atoms with E-state index in [4.69, 9.17) is 16.3 Å². The third kappa shape index (κ3) is 5.90. The number of fused-ring (bicyclic) bond motifs is 1. The third-order valence-corrected chi connectivity index (χ3v) is 8.86. The zero-order chi connectivity index (χ0) is 27.6. The van der Waals surface area contributed by atoms with Crippen molar-refractivity contribution in [1.82, 2.24) is 14.8 Å². The number of methoxy groups -OCH3 is 1. The highest BCUT2D eigenvalue weighted by molar-refractivity contribution is 7.90. The van der Waals surface area contributed by atoms with Crippen LogP contribution in [0.25, 0.3) is 10.9 Å². The van der Waals surface area contributed by atoms with Gasteiger partial charge in [0, 0.05) is 55.4 Å². The van der Waals surface area contributed by atoms with E-state index in [2.05, 4.69) is 9.88 Å². The highest BCUT2D eigenvalue weighted by Gasteiger charge is 2.25. The predicted molar refractivity (Wildman–Crippen MR) is 148 cm³/mol. The maximum atomic E-state index is 13.8. The normalized spacial score (nSPS) is 14.5. The Hall–Kier alpha value is -3.53. The van der Waals surface area contributed by atoms with Gasteiger partial charge in [0.05, 0.1) is 28.3 Å². The quantitative estimate of drug-likeness (QED) is 0.314. The van der Waals surface area contributed by atoms with Crippen LogP contribution in [0.3, 0.4) is 0 Å². The van der Waals surface area contributed by atoms with E-state index in [0.29, 0.717) is 55.1 Å². The summed E-state index contributed by atoms with van der Waals surface area (Å²) in [5.74, 6) is -0.550. The van der Waals surface area contributed by atoms with Crippen LogP contribution in [0.2, 0.25) is 5.02 Å². The minimum atomic E-state index is -3.74. The molecule has 4 aromatic rings. The number of halogens is 2. The van der Waals surface area contributed by atoms with Crippen molar-refractivity contribution in [2.24, 2.45) is 0 Å². The fourth-order valence-corrected chi connectivity index (χ4v) is 6.47. The number of amides is 1. The fourth-order valence-electron chi connectivity index (χ4n) is 4.79. The van der Waals surface area contributed by atoms with Gasteiger partial charge < -0.3 is 9.64 Å². The van der Waals surface area contributed by atoms with Crippen LogP contribution in [-0.4, -0.2) is 62.4 Å². The first kappa shape index (κ1) is 27.1. The Morgan fingerprint density at radius 1 is 1.03 bits per heavy atom. The molecule has 0 atom stereocenters. The molecule has 1 aliphatic heterocycles. The van der Waals surface area contributed by atoms with E-state index >= 15 is 0 Å². The summed E-state index contributed by atoms with van der Waals surface area (Å²) in [6, 6.07) is 18.3. The van der Waals surface area contributed by atoms with Crippen molar-refractivity contribution < 1.29 is 22.3 Å². The Morgan fingerprint density at radius 2 is 1.79 bits per heavy atom. The van der Waals surface area contributed by atoms with Gasteiger partial charge in [-0.05, 0) is 42.0 Å². The molecule has 3 aromatic carbocycles. The number of carbonyl (C=O) groups is 1. The van der Waals surface area contributed by atoms with Gasteiger partial charge in [-0.25, -0.2) is 12.8 Å². The van der Waals surface area contributed by atoms with Gasteiger partial charge in [-0.1, -0.05) is 41.9 Å². The molecule has 0 N–H and O–H groups in total.